The topological polar surface area (TPSA) is 32.3 Å². The molecule has 0 spiro atoms. The molecule has 1 N–H and O–H groups in total. The first-order valence-electron chi connectivity index (χ1n) is 7.79. The van der Waals surface area contributed by atoms with Crippen LogP contribution in [0.25, 0.3) is 0 Å². The van der Waals surface area contributed by atoms with Gasteiger partial charge in [0.05, 0.1) is 6.04 Å². The smallest absolute Gasteiger partial charge is 0.222 e. The molecule has 1 aromatic carbocycles. The van der Waals surface area contributed by atoms with Gasteiger partial charge in [0.15, 0.2) is 0 Å². The highest BCUT2D eigenvalue weighted by atomic mass is 35.5. The van der Waals surface area contributed by atoms with E-state index in [0.29, 0.717) is 12.3 Å². The molecule has 0 aromatic heterocycles. The van der Waals surface area contributed by atoms with E-state index in [2.05, 4.69) is 5.32 Å². The predicted molar refractivity (Wildman–Crippen MR) is 87.5 cm³/mol. The number of hydrogen-bond donors (Lipinski definition) is 1. The summed E-state index contributed by atoms with van der Waals surface area (Å²) in [6.07, 6.45) is 4.04. The van der Waals surface area contributed by atoms with Crippen molar-refractivity contribution in [1.82, 2.24) is 10.2 Å². The van der Waals surface area contributed by atoms with Crippen molar-refractivity contribution >= 4 is 17.5 Å². The van der Waals surface area contributed by atoms with Crippen LogP contribution in [0.5, 0.6) is 0 Å². The summed E-state index contributed by atoms with van der Waals surface area (Å²) in [5.74, 6) is 0.922. The molecule has 1 unspecified atom stereocenters. The molecule has 2 rings (SSSR count). The van der Waals surface area contributed by atoms with Crippen LogP contribution in [-0.2, 0) is 4.79 Å². The lowest BCUT2D eigenvalue weighted by molar-refractivity contribution is -0.132. The summed E-state index contributed by atoms with van der Waals surface area (Å²) in [4.78, 5) is 14.2. The monoisotopic (exact) mass is 308 g/mol. The first kappa shape index (κ1) is 16.3. The molecule has 1 aliphatic heterocycles. The third-order valence-electron chi connectivity index (χ3n) is 4.53. The van der Waals surface area contributed by atoms with Crippen LogP contribution in [0.1, 0.15) is 44.2 Å². The van der Waals surface area contributed by atoms with Crippen molar-refractivity contribution in [2.45, 2.75) is 38.6 Å². The first-order valence-corrected chi connectivity index (χ1v) is 8.17. The van der Waals surface area contributed by atoms with E-state index >= 15 is 0 Å². The van der Waals surface area contributed by atoms with Gasteiger partial charge < -0.3 is 10.2 Å². The van der Waals surface area contributed by atoms with Crippen LogP contribution in [-0.4, -0.2) is 30.9 Å². The highest BCUT2D eigenvalue weighted by Crippen LogP contribution is 2.24. The highest BCUT2D eigenvalue weighted by Gasteiger charge is 2.20. The van der Waals surface area contributed by atoms with Crippen LogP contribution < -0.4 is 5.32 Å². The number of hydrogen-bond acceptors (Lipinski definition) is 2. The molecule has 3 nitrogen and oxygen atoms in total. The SMILES string of the molecule is CC(c1cccc(Cl)c1)N(C)C(=O)CCC1CCNCC1. The van der Waals surface area contributed by atoms with E-state index in [1.165, 1.54) is 12.8 Å². The third-order valence-corrected chi connectivity index (χ3v) is 4.77. The van der Waals surface area contributed by atoms with E-state index in [-0.39, 0.29) is 11.9 Å². The summed E-state index contributed by atoms with van der Waals surface area (Å²) in [7, 11) is 1.89. The zero-order valence-corrected chi connectivity index (χ0v) is 13.7. The Morgan fingerprint density at radius 1 is 1.43 bits per heavy atom. The Kier molecular flexibility index (Phi) is 6.07. The van der Waals surface area contributed by atoms with Gasteiger partial charge in [0.1, 0.15) is 0 Å². The molecule has 1 saturated heterocycles. The second kappa shape index (κ2) is 7.81. The molecule has 1 atom stereocenters. The molecule has 4 heteroatoms. The maximum Gasteiger partial charge on any atom is 0.222 e. The normalized spacial score (nSPS) is 17.5. The van der Waals surface area contributed by atoms with Crippen molar-refractivity contribution in [3.8, 4) is 0 Å². The maximum atomic E-state index is 12.4. The summed E-state index contributed by atoms with van der Waals surface area (Å²) >= 11 is 6.03. The number of carbonyl (C=O) groups excluding carboxylic acids is 1. The van der Waals surface area contributed by atoms with Crippen molar-refractivity contribution in [2.75, 3.05) is 20.1 Å². The fourth-order valence-corrected chi connectivity index (χ4v) is 3.08. The molecule has 1 aliphatic rings. The fourth-order valence-electron chi connectivity index (χ4n) is 2.88. The Bertz CT molecular complexity index is 472. The van der Waals surface area contributed by atoms with E-state index in [1.54, 1.807) is 0 Å². The van der Waals surface area contributed by atoms with Crippen molar-refractivity contribution < 1.29 is 4.79 Å². The molecule has 0 aliphatic carbocycles. The van der Waals surface area contributed by atoms with Crippen LogP contribution in [0.15, 0.2) is 24.3 Å². The molecule has 1 amide bonds. The van der Waals surface area contributed by atoms with Gasteiger partial charge in [0.25, 0.3) is 0 Å². The average molecular weight is 309 g/mol. The van der Waals surface area contributed by atoms with Crippen molar-refractivity contribution in [1.29, 1.82) is 0 Å². The quantitative estimate of drug-likeness (QED) is 0.900. The minimum atomic E-state index is 0.0595. The van der Waals surface area contributed by atoms with Gasteiger partial charge in [-0.05, 0) is 62.9 Å². The number of rotatable bonds is 5. The third kappa shape index (κ3) is 4.72. The van der Waals surface area contributed by atoms with E-state index in [0.717, 1.165) is 30.1 Å². The number of piperidine rings is 1. The molecular weight excluding hydrogens is 284 g/mol. The van der Waals surface area contributed by atoms with Crippen LogP contribution in [0.3, 0.4) is 0 Å². The summed E-state index contributed by atoms with van der Waals surface area (Å²) in [5, 5.41) is 4.08. The molecule has 1 aromatic rings. The van der Waals surface area contributed by atoms with Gasteiger partial charge in [-0.3, -0.25) is 4.79 Å². The molecule has 0 bridgehead atoms. The predicted octanol–water partition coefficient (Wildman–Crippen LogP) is 3.64. The van der Waals surface area contributed by atoms with Crippen molar-refractivity contribution in [2.24, 2.45) is 5.92 Å². The van der Waals surface area contributed by atoms with Crippen molar-refractivity contribution in [3.05, 3.63) is 34.9 Å². The van der Waals surface area contributed by atoms with E-state index in [4.69, 9.17) is 11.6 Å². The number of benzene rings is 1. The summed E-state index contributed by atoms with van der Waals surface area (Å²) in [6.45, 7) is 4.23. The number of nitrogens with zero attached hydrogens (tertiary/aromatic N) is 1. The highest BCUT2D eigenvalue weighted by molar-refractivity contribution is 6.30. The van der Waals surface area contributed by atoms with Crippen molar-refractivity contribution in [3.63, 3.8) is 0 Å². The molecule has 116 valence electrons. The number of amides is 1. The van der Waals surface area contributed by atoms with Crippen LogP contribution >= 0.6 is 11.6 Å². The van der Waals surface area contributed by atoms with Crippen LogP contribution in [0.4, 0.5) is 0 Å². The number of halogens is 1. The van der Waals surface area contributed by atoms with E-state index in [9.17, 15) is 4.79 Å². The number of carbonyl (C=O) groups is 1. The Morgan fingerprint density at radius 2 is 2.14 bits per heavy atom. The fraction of sp³-hybridized carbons (Fsp3) is 0.588. The van der Waals surface area contributed by atoms with E-state index in [1.807, 2.05) is 43.1 Å². The lowest BCUT2D eigenvalue weighted by Crippen LogP contribution is -2.31. The maximum absolute atomic E-state index is 12.4. The van der Waals surface area contributed by atoms with Gasteiger partial charge in [-0.2, -0.15) is 0 Å². The summed E-state index contributed by atoms with van der Waals surface area (Å²) in [6, 6.07) is 7.80. The molecule has 21 heavy (non-hydrogen) atoms. The Labute approximate surface area is 132 Å². The lowest BCUT2D eigenvalue weighted by Gasteiger charge is -2.27. The second-order valence-electron chi connectivity index (χ2n) is 5.97. The minimum absolute atomic E-state index is 0.0595. The number of nitrogens with one attached hydrogen (secondary N) is 1. The molecule has 1 fully saturated rings. The minimum Gasteiger partial charge on any atom is -0.339 e. The largest absolute Gasteiger partial charge is 0.339 e. The Balaban J connectivity index is 1.86. The van der Waals surface area contributed by atoms with Crippen LogP contribution in [0.2, 0.25) is 5.02 Å². The standard InChI is InChI=1S/C17H25ClN2O/c1-13(15-4-3-5-16(18)12-15)20(2)17(21)7-6-14-8-10-19-11-9-14/h3-5,12-14,19H,6-11H2,1-2H3. The van der Waals surface area contributed by atoms with Gasteiger partial charge in [-0.15, -0.1) is 0 Å². The summed E-state index contributed by atoms with van der Waals surface area (Å²) in [5.41, 5.74) is 1.08. The second-order valence-corrected chi connectivity index (χ2v) is 6.40. The molecular formula is C17H25ClN2O. The van der Waals surface area contributed by atoms with Gasteiger partial charge in [-0.1, -0.05) is 23.7 Å². The molecule has 0 radical (unpaired) electrons. The van der Waals surface area contributed by atoms with Gasteiger partial charge in [-0.25, -0.2) is 0 Å². The Morgan fingerprint density at radius 3 is 2.81 bits per heavy atom. The zero-order chi connectivity index (χ0) is 15.2. The van der Waals surface area contributed by atoms with E-state index < -0.39 is 0 Å². The first-order chi connectivity index (χ1) is 10.1. The summed E-state index contributed by atoms with van der Waals surface area (Å²) < 4.78 is 0. The Hall–Kier alpha value is -1.06. The zero-order valence-electron chi connectivity index (χ0n) is 12.9. The van der Waals surface area contributed by atoms with Crippen LogP contribution in [0, 0.1) is 5.92 Å². The molecule has 1 heterocycles. The van der Waals surface area contributed by atoms with Gasteiger partial charge >= 0.3 is 0 Å². The van der Waals surface area contributed by atoms with Gasteiger partial charge in [0, 0.05) is 18.5 Å². The lowest BCUT2D eigenvalue weighted by atomic mass is 9.93. The van der Waals surface area contributed by atoms with Gasteiger partial charge in [0.2, 0.25) is 5.91 Å². The molecule has 0 saturated carbocycles. The average Bonchev–Trinajstić information content (AvgIpc) is 2.52.